The third kappa shape index (κ3) is 4.01. The van der Waals surface area contributed by atoms with Crippen molar-refractivity contribution >= 4 is 35.3 Å². The van der Waals surface area contributed by atoms with Crippen molar-refractivity contribution in [3.05, 3.63) is 53.3 Å². The maximum Gasteiger partial charge on any atom is 1.00 e. The average Bonchev–Trinajstić information content (AvgIpc) is 2.92. The summed E-state index contributed by atoms with van der Waals surface area (Å²) in [6, 6.07) is 5.30. The number of nitrogens with zero attached hydrogens (tertiary/aromatic N) is 3. The summed E-state index contributed by atoms with van der Waals surface area (Å²) in [6.07, 6.45) is 3.37. The van der Waals surface area contributed by atoms with Crippen LogP contribution in [0.5, 0.6) is 5.75 Å². The van der Waals surface area contributed by atoms with E-state index < -0.39 is 34.9 Å². The molecule has 0 bridgehead atoms. The van der Waals surface area contributed by atoms with Crippen LogP contribution in [-0.4, -0.2) is 66.7 Å². The van der Waals surface area contributed by atoms with Crippen LogP contribution in [0, 0.1) is 0 Å². The first-order valence-corrected chi connectivity index (χ1v) is 10.5. The average molecular weight is 467 g/mol. The predicted octanol–water partition coefficient (Wildman–Crippen LogP) is -3.20. The molecule has 11 heteroatoms. The van der Waals surface area contributed by atoms with Crippen molar-refractivity contribution in [2.75, 3.05) is 5.75 Å². The van der Waals surface area contributed by atoms with Gasteiger partial charge in [0, 0.05) is 11.3 Å². The topological polar surface area (TPSA) is 145 Å². The first kappa shape index (κ1) is 26.1. The molecule has 2 atom stereocenters. The van der Waals surface area contributed by atoms with E-state index in [1.165, 1.54) is 33.7 Å². The Labute approximate surface area is 211 Å². The Morgan fingerprint density at radius 1 is 1.28 bits per heavy atom. The number of carbonyl (C=O) groups excluding carboxylic acids is 3. The van der Waals surface area contributed by atoms with Crippen LogP contribution in [0.3, 0.4) is 0 Å². The van der Waals surface area contributed by atoms with Crippen molar-refractivity contribution in [2.45, 2.75) is 37.8 Å². The number of carbonyl (C=O) groups is 3. The minimum Gasteiger partial charge on any atom is -0.543 e. The summed E-state index contributed by atoms with van der Waals surface area (Å²) < 4.78 is 0. The van der Waals surface area contributed by atoms with Gasteiger partial charge in [0.2, 0.25) is 0 Å². The number of amides is 2. The van der Waals surface area contributed by atoms with Crippen LogP contribution in [0.15, 0.2) is 52.7 Å². The van der Waals surface area contributed by atoms with Gasteiger partial charge in [-0.2, -0.15) is 0 Å². The van der Waals surface area contributed by atoms with Gasteiger partial charge in [-0.1, -0.05) is 12.2 Å². The molecule has 3 N–H and O–H groups in total. The molecule has 0 aromatic heterocycles. The zero-order valence-electron chi connectivity index (χ0n) is 18.2. The molecule has 1 aromatic rings. The number of aliphatic carboxylic acids is 1. The third-order valence-electron chi connectivity index (χ3n) is 5.35. The molecule has 3 heterocycles. The molecule has 164 valence electrons. The second-order valence-electron chi connectivity index (χ2n) is 7.69. The van der Waals surface area contributed by atoms with Crippen molar-refractivity contribution in [1.29, 1.82) is 0 Å². The zero-order chi connectivity index (χ0) is 21.8. The molecule has 0 radical (unpaired) electrons. The number of fused-ring (bicyclic) bond motifs is 1. The number of allylic oxidation sites excluding steroid dienone is 2. The van der Waals surface area contributed by atoms with Crippen LogP contribution in [0.4, 0.5) is 0 Å². The van der Waals surface area contributed by atoms with Crippen molar-refractivity contribution in [1.82, 2.24) is 9.80 Å². The van der Waals surface area contributed by atoms with E-state index in [0.717, 1.165) is 0 Å². The van der Waals surface area contributed by atoms with Gasteiger partial charge in [0.25, 0.3) is 11.8 Å². The third-order valence-corrected chi connectivity index (χ3v) is 6.63. The number of rotatable bonds is 4. The molecule has 0 saturated carbocycles. The molecule has 3 aliphatic heterocycles. The minimum absolute atomic E-state index is 0. The first-order valence-electron chi connectivity index (χ1n) is 9.42. The van der Waals surface area contributed by atoms with Crippen LogP contribution in [-0.2, 0) is 14.4 Å². The van der Waals surface area contributed by atoms with Crippen molar-refractivity contribution < 1.29 is 59.6 Å². The van der Waals surface area contributed by atoms with E-state index in [9.17, 15) is 24.6 Å². The molecule has 9 nitrogen and oxygen atoms in total. The molecule has 4 rings (SSSR count). The van der Waals surface area contributed by atoms with Gasteiger partial charge in [-0.15, -0.1) is 11.8 Å². The number of benzene rings is 1. The summed E-state index contributed by atoms with van der Waals surface area (Å²) in [7, 11) is 0. The van der Waals surface area contributed by atoms with Gasteiger partial charge in [0.05, 0.1) is 11.7 Å². The Kier molecular flexibility index (Phi) is 7.68. The smallest absolute Gasteiger partial charge is 0.543 e. The number of hydrogen-bond donors (Lipinski definition) is 1. The molecule has 1 saturated heterocycles. The summed E-state index contributed by atoms with van der Waals surface area (Å²) in [5.74, 6) is -1.80. The number of carboxylic acid groups (broad SMARTS) is 1. The minimum atomic E-state index is -1.41. The van der Waals surface area contributed by atoms with Crippen molar-refractivity contribution in [3.63, 3.8) is 0 Å². The number of aliphatic imine (C=N–C) groups is 1. The van der Waals surface area contributed by atoms with Crippen LogP contribution in [0.1, 0.15) is 26.3 Å². The van der Waals surface area contributed by atoms with E-state index in [2.05, 4.69) is 4.99 Å². The number of phenols is 1. The van der Waals surface area contributed by atoms with Gasteiger partial charge < -0.3 is 20.5 Å². The normalized spacial score (nSPS) is 23.9. The first-order chi connectivity index (χ1) is 14.2. The quantitative estimate of drug-likeness (QED) is 0.365. The maximum absolute atomic E-state index is 13.2. The SMILES string of the molecule is C/C=C\C1=C(C(=O)[O-])N2C(=O)C(N3C(=O)C(c4ccc(O)cc4)=NC3(C)C)[C@@H]2SC1.O.[Na+]. The fraction of sp³-hybridized carbons (Fsp3) is 0.333. The molecule has 1 aromatic carbocycles. The van der Waals surface area contributed by atoms with E-state index in [-0.39, 0.29) is 52.2 Å². The Hall–Kier alpha value is -2.11. The van der Waals surface area contributed by atoms with E-state index >= 15 is 0 Å². The molecular weight excluding hydrogens is 445 g/mol. The van der Waals surface area contributed by atoms with Gasteiger partial charge in [0.15, 0.2) is 0 Å². The number of thioether (sulfide) groups is 1. The molecule has 2 amide bonds. The Bertz CT molecular complexity index is 1050. The molecule has 0 spiro atoms. The molecule has 32 heavy (non-hydrogen) atoms. The van der Waals surface area contributed by atoms with Gasteiger partial charge >= 0.3 is 29.6 Å². The summed E-state index contributed by atoms with van der Waals surface area (Å²) in [6.45, 7) is 5.25. The maximum atomic E-state index is 13.2. The fourth-order valence-corrected chi connectivity index (χ4v) is 5.42. The monoisotopic (exact) mass is 467 g/mol. The van der Waals surface area contributed by atoms with E-state index in [1.54, 1.807) is 45.1 Å². The van der Waals surface area contributed by atoms with Gasteiger partial charge in [0.1, 0.15) is 28.5 Å². The number of aromatic hydroxyl groups is 1. The summed E-state index contributed by atoms with van der Waals surface area (Å²) in [5.41, 5.74) is 0.142. The Balaban J connectivity index is 0.00000181. The van der Waals surface area contributed by atoms with Crippen molar-refractivity contribution in [2.24, 2.45) is 4.99 Å². The summed E-state index contributed by atoms with van der Waals surface area (Å²) in [4.78, 5) is 45.2. The molecule has 0 aliphatic carbocycles. The predicted molar refractivity (Wildman–Crippen MR) is 113 cm³/mol. The summed E-state index contributed by atoms with van der Waals surface area (Å²) in [5, 5.41) is 20.7. The van der Waals surface area contributed by atoms with Crippen molar-refractivity contribution in [3.8, 4) is 5.75 Å². The van der Waals surface area contributed by atoms with Crippen LogP contribution >= 0.6 is 11.8 Å². The Morgan fingerprint density at radius 2 is 1.91 bits per heavy atom. The molecular formula is C21H22N3NaO6S. The van der Waals surface area contributed by atoms with Crippen LogP contribution in [0.25, 0.3) is 0 Å². The van der Waals surface area contributed by atoms with Crippen LogP contribution < -0.4 is 34.7 Å². The molecule has 1 fully saturated rings. The van der Waals surface area contributed by atoms with E-state index in [4.69, 9.17) is 0 Å². The second kappa shape index (κ2) is 9.40. The van der Waals surface area contributed by atoms with E-state index in [0.29, 0.717) is 16.9 Å². The van der Waals surface area contributed by atoms with Gasteiger partial charge in [-0.25, -0.2) is 0 Å². The van der Waals surface area contributed by atoms with Crippen LogP contribution in [0.2, 0.25) is 0 Å². The largest absolute Gasteiger partial charge is 1.00 e. The molecule has 1 unspecified atom stereocenters. The zero-order valence-corrected chi connectivity index (χ0v) is 21.0. The standard InChI is InChI=1S/C21H21N3O5S.Na.H2O/c1-4-5-12-10-30-19-16(18(27)23(19)15(12)20(28)29)24-17(26)14(22-21(24,2)3)11-6-8-13(25)9-7-11;;/h4-9,16,19,25H,10H2,1-3H3,(H,28,29);;1H2/q;+1;/p-1/b5-4-;;/t16?,19-;;/m0../s1. The van der Waals surface area contributed by atoms with Gasteiger partial charge in [-0.05, 0) is 50.6 Å². The Morgan fingerprint density at radius 3 is 2.47 bits per heavy atom. The number of carboxylic acids is 1. The number of phenolic OH excluding ortho intramolecular Hbond substituents is 1. The number of hydrogen-bond acceptors (Lipinski definition) is 7. The van der Waals surface area contributed by atoms with E-state index in [1.807, 2.05) is 0 Å². The molecule has 3 aliphatic rings. The second-order valence-corrected chi connectivity index (χ2v) is 8.80. The number of β-lactam (4-membered cyclic amide) rings is 1. The van der Waals surface area contributed by atoms with Gasteiger partial charge in [-0.3, -0.25) is 24.4 Å². The fourth-order valence-electron chi connectivity index (χ4n) is 4.06. The summed E-state index contributed by atoms with van der Waals surface area (Å²) >= 11 is 1.41.